The normalized spacial score (nSPS) is 31.3. The van der Waals surface area contributed by atoms with Crippen LogP contribution < -0.4 is 0 Å². The number of ether oxygens (including phenoxy) is 2. The predicted octanol–water partition coefficient (Wildman–Crippen LogP) is 0.671. The molecule has 1 aromatic rings. The summed E-state index contributed by atoms with van der Waals surface area (Å²) < 4.78 is 11.4. The van der Waals surface area contributed by atoms with Crippen molar-refractivity contribution in [2.45, 2.75) is 24.4 Å². The Balaban J connectivity index is 0.00000196. The van der Waals surface area contributed by atoms with Crippen molar-refractivity contribution in [2.75, 3.05) is 39.4 Å². The van der Waals surface area contributed by atoms with Crippen LogP contribution in [-0.2, 0) is 14.3 Å². The van der Waals surface area contributed by atoms with Crippen molar-refractivity contribution in [3.63, 3.8) is 0 Å². The third-order valence-electron chi connectivity index (χ3n) is 5.01. The summed E-state index contributed by atoms with van der Waals surface area (Å²) in [6.07, 6.45) is -1.28. The number of thiophene rings is 1. The van der Waals surface area contributed by atoms with E-state index in [4.69, 9.17) is 9.47 Å². The van der Waals surface area contributed by atoms with Crippen LogP contribution in [0.15, 0.2) is 17.5 Å². The first-order chi connectivity index (χ1) is 12.1. The lowest BCUT2D eigenvalue weighted by Gasteiger charge is -2.38. The average Bonchev–Trinajstić information content (AvgIpc) is 3.33. The van der Waals surface area contributed by atoms with Crippen molar-refractivity contribution in [1.82, 2.24) is 9.80 Å². The molecular weight excluding hydrogens is 386 g/mol. The second-order valence-electron chi connectivity index (χ2n) is 6.34. The van der Waals surface area contributed by atoms with Gasteiger partial charge in [0.25, 0.3) is 11.0 Å². The fraction of sp³-hybridized carbons (Fsp3) is 0.667. The molecule has 4 rings (SSSR count). The van der Waals surface area contributed by atoms with Gasteiger partial charge in [-0.3, -0.25) is 9.69 Å². The molecule has 0 aliphatic carbocycles. The van der Waals surface area contributed by atoms with Gasteiger partial charge in [0.1, 0.15) is 12.2 Å². The summed E-state index contributed by atoms with van der Waals surface area (Å²) in [6.45, 7) is 3.41. The van der Waals surface area contributed by atoms with Gasteiger partial charge in [0.05, 0.1) is 24.1 Å². The Bertz CT molecular complexity index is 639. The number of fused-ring (bicyclic) bond motifs is 1. The number of halogens is 1. The Morgan fingerprint density at radius 2 is 1.96 bits per heavy atom. The number of hydrogen-bond acceptors (Lipinski definition) is 8. The fourth-order valence-corrected chi connectivity index (χ4v) is 4.46. The van der Waals surface area contributed by atoms with E-state index in [-0.39, 0.29) is 37.1 Å². The van der Waals surface area contributed by atoms with Gasteiger partial charge in [-0.2, -0.15) is 0 Å². The highest BCUT2D eigenvalue weighted by molar-refractivity contribution is 7.12. The Hall–Kier alpha value is -1.46. The van der Waals surface area contributed by atoms with Crippen molar-refractivity contribution in [3.8, 4) is 0 Å². The first-order valence-electron chi connectivity index (χ1n) is 8.24. The van der Waals surface area contributed by atoms with Gasteiger partial charge in [-0.15, -0.1) is 33.9 Å². The molecule has 0 aromatic carbocycles. The van der Waals surface area contributed by atoms with Gasteiger partial charge in [0.15, 0.2) is 6.10 Å². The number of rotatable bonds is 4. The molecule has 4 atom stereocenters. The zero-order chi connectivity index (χ0) is 17.4. The number of carbonyl (C=O) groups is 1. The van der Waals surface area contributed by atoms with Crippen molar-refractivity contribution in [1.29, 1.82) is 0 Å². The van der Waals surface area contributed by atoms with Crippen molar-refractivity contribution < 1.29 is 24.2 Å². The minimum absolute atomic E-state index is 0. The van der Waals surface area contributed by atoms with Gasteiger partial charge in [-0.05, 0) is 11.4 Å². The van der Waals surface area contributed by atoms with E-state index in [2.05, 4.69) is 9.74 Å². The molecule has 0 radical (unpaired) electrons. The molecule has 3 aliphatic heterocycles. The molecule has 0 N–H and O–H groups in total. The van der Waals surface area contributed by atoms with E-state index < -0.39 is 17.3 Å². The average molecular weight is 406 g/mol. The zero-order valence-electron chi connectivity index (χ0n) is 13.9. The molecule has 3 aliphatic rings. The summed E-state index contributed by atoms with van der Waals surface area (Å²) in [5.41, 5.74) is 0. The van der Waals surface area contributed by atoms with Crippen molar-refractivity contribution >= 4 is 29.7 Å². The quantitative estimate of drug-likeness (QED) is 0.536. The van der Waals surface area contributed by atoms with Crippen LogP contribution in [0.2, 0.25) is 0 Å². The lowest BCUT2D eigenvalue weighted by atomic mass is 10.1. The molecule has 144 valence electrons. The molecule has 26 heavy (non-hydrogen) atoms. The Morgan fingerprint density at radius 3 is 2.62 bits per heavy atom. The van der Waals surface area contributed by atoms with E-state index in [1.165, 1.54) is 11.3 Å². The lowest BCUT2D eigenvalue weighted by molar-refractivity contribution is -0.769. The highest BCUT2D eigenvalue weighted by atomic mass is 35.5. The lowest BCUT2D eigenvalue weighted by Crippen LogP contribution is -2.55. The SMILES string of the molecule is Cl.O=C(c1cccs1)N1CCN([C@H]2CO[C@H]3[C@@H]2OC[C@@H]3O[N+](=O)[O-])CC1. The van der Waals surface area contributed by atoms with Gasteiger partial charge in [-0.25, -0.2) is 0 Å². The Morgan fingerprint density at radius 1 is 1.23 bits per heavy atom. The summed E-state index contributed by atoms with van der Waals surface area (Å²) in [6, 6.07) is 3.77. The molecule has 1 aromatic heterocycles. The maximum atomic E-state index is 12.4. The minimum Gasteiger partial charge on any atom is -0.371 e. The third-order valence-corrected chi connectivity index (χ3v) is 5.86. The number of piperazine rings is 1. The summed E-state index contributed by atoms with van der Waals surface area (Å²) in [5.74, 6) is 0.0757. The van der Waals surface area contributed by atoms with E-state index in [9.17, 15) is 14.9 Å². The molecule has 3 fully saturated rings. The summed E-state index contributed by atoms with van der Waals surface area (Å²) in [5, 5.41) is 11.7. The van der Waals surface area contributed by atoms with Crippen LogP contribution in [0.1, 0.15) is 9.67 Å². The predicted molar refractivity (Wildman–Crippen MR) is 94.2 cm³/mol. The molecule has 0 saturated carbocycles. The number of amides is 1. The fourth-order valence-electron chi connectivity index (χ4n) is 3.77. The van der Waals surface area contributed by atoms with Gasteiger partial charge in [-0.1, -0.05) is 6.07 Å². The van der Waals surface area contributed by atoms with Crippen molar-refractivity contribution in [3.05, 3.63) is 32.5 Å². The van der Waals surface area contributed by atoms with E-state index in [1.54, 1.807) is 0 Å². The molecule has 1 amide bonds. The number of hydrogen-bond donors (Lipinski definition) is 0. The highest BCUT2D eigenvalue weighted by Gasteiger charge is 2.51. The summed E-state index contributed by atoms with van der Waals surface area (Å²) in [4.78, 5) is 32.5. The maximum Gasteiger partial charge on any atom is 0.294 e. The van der Waals surface area contributed by atoms with Crippen LogP contribution in [0.4, 0.5) is 0 Å². The number of carbonyl (C=O) groups excluding carboxylic acids is 1. The molecule has 9 nitrogen and oxygen atoms in total. The second kappa shape index (κ2) is 8.05. The molecule has 4 heterocycles. The monoisotopic (exact) mass is 405 g/mol. The smallest absolute Gasteiger partial charge is 0.294 e. The standard InChI is InChI=1S/C15H19N3O6S.ClH/c19-15(12-2-1-7-25-12)17-5-3-16(4-6-17)10-8-22-14-11(24-18(20)21)9-23-13(10)14;/h1-2,7,10-11,13-14H,3-6,8-9H2;1H/t10-,11-,13+,14+;/m0./s1. The van der Waals surface area contributed by atoms with Gasteiger partial charge in [0, 0.05) is 26.2 Å². The van der Waals surface area contributed by atoms with Gasteiger partial charge in [0.2, 0.25) is 0 Å². The zero-order valence-corrected chi connectivity index (χ0v) is 15.5. The minimum atomic E-state index is -0.790. The maximum absolute atomic E-state index is 12.4. The van der Waals surface area contributed by atoms with E-state index >= 15 is 0 Å². The Kier molecular flexibility index (Phi) is 5.98. The van der Waals surface area contributed by atoms with Crippen LogP contribution in [0, 0.1) is 10.1 Å². The molecule has 0 spiro atoms. The van der Waals surface area contributed by atoms with Crippen LogP contribution >= 0.6 is 23.7 Å². The van der Waals surface area contributed by atoms with E-state index in [1.807, 2.05) is 22.4 Å². The van der Waals surface area contributed by atoms with Gasteiger partial charge >= 0.3 is 0 Å². The van der Waals surface area contributed by atoms with Crippen LogP contribution in [0.3, 0.4) is 0 Å². The van der Waals surface area contributed by atoms with Crippen LogP contribution in [-0.4, -0.2) is 84.5 Å². The number of nitrogens with zero attached hydrogens (tertiary/aromatic N) is 3. The molecule has 11 heteroatoms. The van der Waals surface area contributed by atoms with E-state index in [0.29, 0.717) is 19.7 Å². The third kappa shape index (κ3) is 3.65. The molecule has 3 saturated heterocycles. The highest BCUT2D eigenvalue weighted by Crippen LogP contribution is 2.32. The second-order valence-corrected chi connectivity index (χ2v) is 7.28. The first-order valence-corrected chi connectivity index (χ1v) is 9.12. The summed E-state index contributed by atoms with van der Waals surface area (Å²) in [7, 11) is 0. The van der Waals surface area contributed by atoms with Gasteiger partial charge < -0.3 is 19.2 Å². The largest absolute Gasteiger partial charge is 0.371 e. The van der Waals surface area contributed by atoms with Crippen LogP contribution in [0.25, 0.3) is 0 Å². The van der Waals surface area contributed by atoms with Crippen molar-refractivity contribution in [2.24, 2.45) is 0 Å². The Labute approximate surface area is 160 Å². The molecule has 0 bridgehead atoms. The van der Waals surface area contributed by atoms with Crippen LogP contribution in [0.5, 0.6) is 0 Å². The summed E-state index contributed by atoms with van der Waals surface area (Å²) >= 11 is 1.45. The molecule has 0 unspecified atom stereocenters. The molecular formula is C15H20ClN3O6S. The van der Waals surface area contributed by atoms with E-state index in [0.717, 1.165) is 18.0 Å². The first kappa shape index (κ1) is 19.3. The topological polar surface area (TPSA) is 94.4 Å².